The molecule has 0 saturated carbocycles. The van der Waals surface area contributed by atoms with Crippen LogP contribution in [0.15, 0.2) is 42.5 Å². The summed E-state index contributed by atoms with van der Waals surface area (Å²) in [7, 11) is 0. The lowest BCUT2D eigenvalue weighted by Crippen LogP contribution is -2.36. The molecule has 0 aliphatic carbocycles. The highest BCUT2D eigenvalue weighted by Gasteiger charge is 2.37. The minimum Gasteiger partial charge on any atom is -0.381 e. The second-order valence-electron chi connectivity index (χ2n) is 8.63. The number of nitrogens with one attached hydrogen (secondary N) is 1. The fraction of sp³-hybridized carbons (Fsp3) is 0.417. The fourth-order valence-corrected chi connectivity index (χ4v) is 4.33. The average Bonchev–Trinajstić information content (AvgIpc) is 3.37. The number of anilines is 2. The van der Waals surface area contributed by atoms with E-state index >= 15 is 0 Å². The lowest BCUT2D eigenvalue weighted by molar-refractivity contribution is -0.142. The van der Waals surface area contributed by atoms with Crippen LogP contribution in [0.2, 0.25) is 0 Å². The summed E-state index contributed by atoms with van der Waals surface area (Å²) in [5.41, 5.74) is 0.767. The van der Waals surface area contributed by atoms with E-state index in [2.05, 4.69) is 25.5 Å². The van der Waals surface area contributed by atoms with E-state index in [-0.39, 0.29) is 17.6 Å². The minimum atomic E-state index is -4.61. The Labute approximate surface area is 205 Å². The molecular weight excluding hydrogens is 477 g/mol. The van der Waals surface area contributed by atoms with Gasteiger partial charge in [-0.2, -0.15) is 18.3 Å². The van der Waals surface area contributed by atoms with Crippen molar-refractivity contribution in [3.63, 3.8) is 0 Å². The van der Waals surface area contributed by atoms with Gasteiger partial charge in [0.2, 0.25) is 0 Å². The Morgan fingerprint density at radius 3 is 2.42 bits per heavy atom. The van der Waals surface area contributed by atoms with Crippen LogP contribution < -0.4 is 10.2 Å². The molecule has 1 aromatic carbocycles. The van der Waals surface area contributed by atoms with Crippen LogP contribution >= 0.6 is 0 Å². The normalized spacial score (nSPS) is 17.2. The van der Waals surface area contributed by atoms with Gasteiger partial charge >= 0.3 is 6.18 Å². The highest BCUT2D eigenvalue weighted by atomic mass is 19.4. The smallest absolute Gasteiger partial charge is 0.381 e. The summed E-state index contributed by atoms with van der Waals surface area (Å²) in [4.78, 5) is 14.9. The van der Waals surface area contributed by atoms with Crippen LogP contribution in [0, 0.1) is 0 Å². The van der Waals surface area contributed by atoms with Crippen LogP contribution in [-0.2, 0) is 15.7 Å². The molecule has 0 radical (unpaired) electrons. The summed E-state index contributed by atoms with van der Waals surface area (Å²) in [6.07, 6.45) is -3.40. The van der Waals surface area contributed by atoms with Crippen molar-refractivity contribution in [1.82, 2.24) is 20.0 Å². The van der Waals surface area contributed by atoms with Gasteiger partial charge in [0.1, 0.15) is 5.69 Å². The number of aromatic nitrogens is 4. The highest BCUT2D eigenvalue weighted by molar-refractivity contribution is 6.04. The number of ether oxygens (including phenoxy) is 2. The van der Waals surface area contributed by atoms with Gasteiger partial charge in [-0.3, -0.25) is 4.79 Å². The first-order valence-corrected chi connectivity index (χ1v) is 11.7. The van der Waals surface area contributed by atoms with Crippen LogP contribution in [0.3, 0.4) is 0 Å². The van der Waals surface area contributed by atoms with Crippen molar-refractivity contribution in [3.8, 4) is 5.82 Å². The Morgan fingerprint density at radius 2 is 1.72 bits per heavy atom. The molecule has 1 N–H and O–H groups in total. The van der Waals surface area contributed by atoms with Crippen LogP contribution in [0.4, 0.5) is 24.7 Å². The standard InChI is InChI=1S/C24H25F3N6O3/c25-24(26,27)20-15-19(16-6-10-35-11-7-16)31-33(20)22-5-4-21(29-30-22)28-23(34)17-2-1-3-18(14-17)32-8-12-36-13-9-32/h1-5,14-16H,6-13H2,(H,28,29,34). The first-order valence-electron chi connectivity index (χ1n) is 11.7. The number of hydrogen-bond donors (Lipinski definition) is 1. The SMILES string of the molecule is O=C(Nc1ccc(-n2nc(C3CCOCC3)cc2C(F)(F)F)nn1)c1cccc(N2CCOCC2)c1. The summed E-state index contributed by atoms with van der Waals surface area (Å²) in [6.45, 7) is 3.70. The van der Waals surface area contributed by atoms with Crippen molar-refractivity contribution in [2.45, 2.75) is 24.9 Å². The molecule has 9 nitrogen and oxygen atoms in total. The predicted octanol–water partition coefficient (Wildman–Crippen LogP) is 3.66. The van der Waals surface area contributed by atoms with Gasteiger partial charge in [-0.1, -0.05) is 6.07 Å². The zero-order chi connectivity index (χ0) is 25.1. The van der Waals surface area contributed by atoms with E-state index < -0.39 is 17.8 Å². The Morgan fingerprint density at radius 1 is 0.972 bits per heavy atom. The summed E-state index contributed by atoms with van der Waals surface area (Å²) in [5, 5.41) is 14.7. The Bertz CT molecular complexity index is 1200. The molecule has 1 amide bonds. The van der Waals surface area contributed by atoms with Gasteiger partial charge in [0.15, 0.2) is 11.6 Å². The number of amides is 1. The number of rotatable bonds is 5. The number of benzene rings is 1. The average molecular weight is 502 g/mol. The molecule has 2 aliphatic rings. The van der Waals surface area contributed by atoms with Crippen molar-refractivity contribution < 1.29 is 27.4 Å². The van der Waals surface area contributed by atoms with E-state index in [9.17, 15) is 18.0 Å². The third-order valence-corrected chi connectivity index (χ3v) is 6.25. The lowest BCUT2D eigenvalue weighted by atomic mass is 9.96. The molecule has 3 aromatic rings. The quantitative estimate of drug-likeness (QED) is 0.569. The lowest BCUT2D eigenvalue weighted by Gasteiger charge is -2.29. The second kappa shape index (κ2) is 10.2. The number of nitrogens with zero attached hydrogens (tertiary/aromatic N) is 5. The van der Waals surface area contributed by atoms with Crippen LogP contribution in [-0.4, -0.2) is 65.4 Å². The third kappa shape index (κ3) is 5.34. The van der Waals surface area contributed by atoms with Gasteiger partial charge in [-0.15, -0.1) is 10.2 Å². The molecule has 12 heteroatoms. The van der Waals surface area contributed by atoms with Gasteiger partial charge in [-0.05, 0) is 49.2 Å². The van der Waals surface area contributed by atoms with Gasteiger partial charge in [0.05, 0.1) is 18.9 Å². The minimum absolute atomic E-state index is 0.0899. The molecule has 2 aromatic heterocycles. The Hall–Kier alpha value is -3.51. The molecule has 0 unspecified atom stereocenters. The van der Waals surface area contributed by atoms with Gasteiger partial charge in [0.25, 0.3) is 5.91 Å². The van der Waals surface area contributed by atoms with E-state index in [0.717, 1.165) is 29.5 Å². The molecule has 36 heavy (non-hydrogen) atoms. The van der Waals surface area contributed by atoms with Crippen molar-refractivity contribution in [2.75, 3.05) is 49.7 Å². The number of carbonyl (C=O) groups is 1. The molecule has 4 heterocycles. The molecule has 190 valence electrons. The van der Waals surface area contributed by atoms with E-state index in [4.69, 9.17) is 9.47 Å². The van der Waals surface area contributed by atoms with Crippen molar-refractivity contribution in [1.29, 1.82) is 0 Å². The first-order chi connectivity index (χ1) is 17.4. The number of halogens is 3. The molecule has 0 bridgehead atoms. The van der Waals surface area contributed by atoms with Crippen LogP contribution in [0.5, 0.6) is 0 Å². The third-order valence-electron chi connectivity index (χ3n) is 6.25. The number of morpholine rings is 1. The zero-order valence-electron chi connectivity index (χ0n) is 19.4. The summed E-state index contributed by atoms with van der Waals surface area (Å²) in [6, 6.07) is 11.0. The maximum Gasteiger partial charge on any atom is 0.433 e. The number of carbonyl (C=O) groups excluding carboxylic acids is 1. The molecular formula is C24H25F3N6O3. The van der Waals surface area contributed by atoms with Crippen LogP contribution in [0.25, 0.3) is 5.82 Å². The van der Waals surface area contributed by atoms with Crippen LogP contribution in [0.1, 0.15) is 40.5 Å². The number of hydrogen-bond acceptors (Lipinski definition) is 7. The van der Waals surface area contributed by atoms with E-state index in [1.807, 2.05) is 6.07 Å². The second-order valence-corrected chi connectivity index (χ2v) is 8.63. The highest BCUT2D eigenvalue weighted by Crippen LogP contribution is 2.35. The van der Waals surface area contributed by atoms with Crippen molar-refractivity contribution >= 4 is 17.4 Å². The summed E-state index contributed by atoms with van der Waals surface area (Å²) < 4.78 is 52.6. The molecule has 5 rings (SSSR count). The monoisotopic (exact) mass is 502 g/mol. The topological polar surface area (TPSA) is 94.4 Å². The molecule has 2 aliphatic heterocycles. The molecule has 0 spiro atoms. The van der Waals surface area contributed by atoms with E-state index in [1.54, 1.807) is 18.2 Å². The Kier molecular flexibility index (Phi) is 6.88. The zero-order valence-corrected chi connectivity index (χ0v) is 19.4. The van der Waals surface area contributed by atoms with Gasteiger partial charge in [0, 0.05) is 43.5 Å². The van der Waals surface area contributed by atoms with Gasteiger partial charge in [-0.25, -0.2) is 4.68 Å². The van der Waals surface area contributed by atoms with E-state index in [1.165, 1.54) is 12.1 Å². The largest absolute Gasteiger partial charge is 0.433 e. The number of alkyl halides is 3. The van der Waals surface area contributed by atoms with Crippen molar-refractivity contribution in [3.05, 3.63) is 59.4 Å². The summed E-state index contributed by atoms with van der Waals surface area (Å²) >= 11 is 0. The van der Waals surface area contributed by atoms with E-state index in [0.29, 0.717) is 50.5 Å². The molecule has 2 fully saturated rings. The fourth-order valence-electron chi connectivity index (χ4n) is 4.33. The molecule has 0 atom stereocenters. The van der Waals surface area contributed by atoms with Crippen molar-refractivity contribution in [2.24, 2.45) is 0 Å². The first kappa shape index (κ1) is 24.2. The maximum atomic E-state index is 13.7. The predicted molar refractivity (Wildman–Crippen MR) is 124 cm³/mol. The Balaban J connectivity index is 1.33. The van der Waals surface area contributed by atoms with Gasteiger partial charge < -0.3 is 19.7 Å². The molecule has 2 saturated heterocycles. The summed E-state index contributed by atoms with van der Waals surface area (Å²) in [5.74, 6) is -0.483. The maximum absolute atomic E-state index is 13.7.